The topological polar surface area (TPSA) is 18.5 Å². The zero-order chi connectivity index (χ0) is 14.5. The molecule has 122 valence electrons. The van der Waals surface area contributed by atoms with E-state index in [-0.39, 0.29) is 0 Å². The molecule has 0 aromatic carbocycles. The van der Waals surface area contributed by atoms with Gasteiger partial charge in [-0.3, -0.25) is 9.80 Å². The predicted molar refractivity (Wildman–Crippen MR) is 89.7 cm³/mol. The van der Waals surface area contributed by atoms with Crippen LogP contribution < -0.4 is 5.32 Å². The third-order valence-corrected chi connectivity index (χ3v) is 6.00. The summed E-state index contributed by atoms with van der Waals surface area (Å²) in [6.45, 7) is 8.93. The summed E-state index contributed by atoms with van der Waals surface area (Å²) in [6.07, 6.45) is 12.7. The molecule has 1 aliphatic carbocycles. The molecule has 1 unspecified atom stereocenters. The summed E-state index contributed by atoms with van der Waals surface area (Å²) in [6, 6.07) is 2.57. The average molecular weight is 293 g/mol. The summed E-state index contributed by atoms with van der Waals surface area (Å²) in [7, 11) is 0. The van der Waals surface area contributed by atoms with Crippen LogP contribution in [0.5, 0.6) is 0 Å². The summed E-state index contributed by atoms with van der Waals surface area (Å²) >= 11 is 0. The van der Waals surface area contributed by atoms with E-state index in [2.05, 4.69) is 22.0 Å². The molecule has 3 nitrogen and oxygen atoms in total. The quantitative estimate of drug-likeness (QED) is 0.841. The molecule has 3 heteroatoms. The summed E-state index contributed by atoms with van der Waals surface area (Å²) in [5.41, 5.74) is 0. The highest BCUT2D eigenvalue weighted by Crippen LogP contribution is 2.28. The minimum Gasteiger partial charge on any atom is -0.314 e. The molecule has 1 saturated carbocycles. The monoisotopic (exact) mass is 293 g/mol. The van der Waals surface area contributed by atoms with E-state index in [4.69, 9.17) is 0 Å². The largest absolute Gasteiger partial charge is 0.314 e. The third-order valence-electron chi connectivity index (χ3n) is 6.00. The molecule has 0 radical (unpaired) electrons. The summed E-state index contributed by atoms with van der Waals surface area (Å²) in [4.78, 5) is 5.62. The van der Waals surface area contributed by atoms with Gasteiger partial charge in [0.05, 0.1) is 0 Å². The van der Waals surface area contributed by atoms with Gasteiger partial charge in [-0.1, -0.05) is 13.3 Å². The van der Waals surface area contributed by atoms with E-state index in [9.17, 15) is 0 Å². The van der Waals surface area contributed by atoms with Gasteiger partial charge in [0.2, 0.25) is 0 Å². The highest BCUT2D eigenvalue weighted by molar-refractivity contribution is 4.90. The van der Waals surface area contributed by atoms with Crippen molar-refractivity contribution in [1.82, 2.24) is 15.1 Å². The molecular weight excluding hydrogens is 258 g/mol. The van der Waals surface area contributed by atoms with Crippen LogP contribution in [0.3, 0.4) is 0 Å². The fraction of sp³-hybridized carbons (Fsp3) is 1.00. The zero-order valence-corrected chi connectivity index (χ0v) is 14.0. The molecule has 3 fully saturated rings. The van der Waals surface area contributed by atoms with Gasteiger partial charge in [-0.25, -0.2) is 0 Å². The lowest BCUT2D eigenvalue weighted by Gasteiger charge is -2.36. The van der Waals surface area contributed by atoms with Crippen molar-refractivity contribution in [2.24, 2.45) is 0 Å². The van der Waals surface area contributed by atoms with Crippen molar-refractivity contribution in [1.29, 1.82) is 0 Å². The van der Waals surface area contributed by atoms with E-state index in [0.29, 0.717) is 0 Å². The van der Waals surface area contributed by atoms with Crippen LogP contribution in [-0.4, -0.2) is 60.6 Å². The van der Waals surface area contributed by atoms with E-state index in [0.717, 1.165) is 18.1 Å². The molecular formula is C18H35N3. The van der Waals surface area contributed by atoms with Crippen LogP contribution in [0.4, 0.5) is 0 Å². The molecule has 0 aromatic rings. The molecule has 2 aliphatic heterocycles. The van der Waals surface area contributed by atoms with Crippen molar-refractivity contribution in [3.8, 4) is 0 Å². The lowest BCUT2D eigenvalue weighted by Crippen LogP contribution is -2.44. The SMILES string of the molecule is CCCNC1CCC(N2CCC(N3CCCCC3)C2)CC1. The Morgan fingerprint density at radius 2 is 1.57 bits per heavy atom. The van der Waals surface area contributed by atoms with Crippen molar-refractivity contribution in [2.75, 3.05) is 32.7 Å². The lowest BCUT2D eigenvalue weighted by molar-refractivity contribution is 0.134. The molecule has 1 N–H and O–H groups in total. The molecule has 3 rings (SSSR count). The van der Waals surface area contributed by atoms with Gasteiger partial charge in [-0.2, -0.15) is 0 Å². The number of nitrogens with one attached hydrogen (secondary N) is 1. The van der Waals surface area contributed by atoms with Crippen LogP contribution >= 0.6 is 0 Å². The molecule has 2 saturated heterocycles. The van der Waals surface area contributed by atoms with Gasteiger partial charge in [-0.05, 0) is 71.0 Å². The van der Waals surface area contributed by atoms with Crippen LogP contribution in [0.25, 0.3) is 0 Å². The standard InChI is InChI=1S/C18H35N3/c1-2-11-19-16-6-8-17(9-7-16)21-14-10-18(15-21)20-12-4-3-5-13-20/h16-19H,2-15H2,1H3. The maximum Gasteiger partial charge on any atom is 0.0235 e. The van der Waals surface area contributed by atoms with Gasteiger partial charge in [0.1, 0.15) is 0 Å². The van der Waals surface area contributed by atoms with Crippen molar-refractivity contribution < 1.29 is 0 Å². The summed E-state index contributed by atoms with van der Waals surface area (Å²) in [5, 5.41) is 3.72. The van der Waals surface area contributed by atoms with Gasteiger partial charge in [-0.15, -0.1) is 0 Å². The minimum absolute atomic E-state index is 0.807. The molecule has 0 spiro atoms. The highest BCUT2D eigenvalue weighted by Gasteiger charge is 2.33. The van der Waals surface area contributed by atoms with Crippen LogP contribution in [0, 0.1) is 0 Å². The molecule has 0 amide bonds. The van der Waals surface area contributed by atoms with E-state index >= 15 is 0 Å². The van der Waals surface area contributed by atoms with Gasteiger partial charge < -0.3 is 5.32 Å². The first-order valence-electron chi connectivity index (χ1n) is 9.58. The van der Waals surface area contributed by atoms with Crippen molar-refractivity contribution in [3.63, 3.8) is 0 Å². The first-order valence-corrected chi connectivity index (χ1v) is 9.58. The zero-order valence-electron chi connectivity index (χ0n) is 14.0. The fourth-order valence-electron chi connectivity index (χ4n) is 4.67. The second kappa shape index (κ2) is 7.94. The number of piperidine rings is 1. The van der Waals surface area contributed by atoms with Crippen LogP contribution in [0.1, 0.15) is 64.7 Å². The van der Waals surface area contributed by atoms with Crippen molar-refractivity contribution >= 4 is 0 Å². The number of likely N-dealkylation sites (tertiary alicyclic amines) is 2. The van der Waals surface area contributed by atoms with Crippen LogP contribution in [0.15, 0.2) is 0 Å². The Kier molecular flexibility index (Phi) is 5.96. The molecule has 0 bridgehead atoms. The number of nitrogens with zero attached hydrogens (tertiary/aromatic N) is 2. The molecule has 21 heavy (non-hydrogen) atoms. The van der Waals surface area contributed by atoms with E-state index in [1.54, 1.807) is 0 Å². The highest BCUT2D eigenvalue weighted by atomic mass is 15.3. The summed E-state index contributed by atoms with van der Waals surface area (Å²) < 4.78 is 0. The van der Waals surface area contributed by atoms with E-state index < -0.39 is 0 Å². The Morgan fingerprint density at radius 1 is 0.810 bits per heavy atom. The second-order valence-corrected chi connectivity index (χ2v) is 7.49. The average Bonchev–Trinajstić information content (AvgIpc) is 3.04. The number of rotatable bonds is 5. The van der Waals surface area contributed by atoms with E-state index in [1.807, 2.05) is 0 Å². The van der Waals surface area contributed by atoms with Crippen molar-refractivity contribution in [3.05, 3.63) is 0 Å². The molecule has 1 atom stereocenters. The third kappa shape index (κ3) is 4.20. The Bertz CT molecular complexity index is 293. The Morgan fingerprint density at radius 3 is 2.29 bits per heavy atom. The lowest BCUT2D eigenvalue weighted by atomic mass is 9.90. The van der Waals surface area contributed by atoms with Crippen LogP contribution in [-0.2, 0) is 0 Å². The fourth-order valence-corrected chi connectivity index (χ4v) is 4.67. The first-order chi connectivity index (χ1) is 10.4. The van der Waals surface area contributed by atoms with E-state index in [1.165, 1.54) is 90.5 Å². The second-order valence-electron chi connectivity index (χ2n) is 7.49. The normalized spacial score (nSPS) is 36.1. The molecule has 0 aromatic heterocycles. The Hall–Kier alpha value is -0.120. The van der Waals surface area contributed by atoms with Gasteiger partial charge in [0.25, 0.3) is 0 Å². The maximum absolute atomic E-state index is 3.72. The summed E-state index contributed by atoms with van der Waals surface area (Å²) in [5.74, 6) is 0. The minimum atomic E-state index is 0.807. The Balaban J connectivity index is 1.40. The first kappa shape index (κ1) is 15.8. The molecule has 2 heterocycles. The van der Waals surface area contributed by atoms with Gasteiger partial charge in [0.15, 0.2) is 0 Å². The van der Waals surface area contributed by atoms with Gasteiger partial charge >= 0.3 is 0 Å². The number of hydrogen-bond acceptors (Lipinski definition) is 3. The smallest absolute Gasteiger partial charge is 0.0235 e. The number of hydrogen-bond donors (Lipinski definition) is 1. The van der Waals surface area contributed by atoms with Crippen LogP contribution in [0.2, 0.25) is 0 Å². The molecule has 3 aliphatic rings. The predicted octanol–water partition coefficient (Wildman–Crippen LogP) is 2.86. The maximum atomic E-state index is 3.72. The van der Waals surface area contributed by atoms with Crippen molar-refractivity contribution in [2.45, 2.75) is 82.8 Å². The van der Waals surface area contributed by atoms with Gasteiger partial charge in [0, 0.05) is 31.2 Å². The Labute approximate surface area is 131 Å².